The molecule has 0 bridgehead atoms. The van der Waals surface area contributed by atoms with Crippen LogP contribution in [0.1, 0.15) is 20.8 Å². The Morgan fingerprint density at radius 3 is 2.68 bits per heavy atom. The van der Waals surface area contributed by atoms with E-state index in [2.05, 4.69) is 10.4 Å². The Bertz CT molecular complexity index is 442. The first kappa shape index (κ1) is 15.0. The van der Waals surface area contributed by atoms with Crippen LogP contribution in [-0.4, -0.2) is 34.3 Å². The second-order valence-corrected chi connectivity index (χ2v) is 4.73. The quantitative estimate of drug-likeness (QED) is 0.716. The molecule has 7 heteroatoms. The van der Waals surface area contributed by atoms with E-state index in [-0.39, 0.29) is 25.1 Å². The summed E-state index contributed by atoms with van der Waals surface area (Å²) in [5.74, 6) is -0.517. The molecule has 106 valence electrons. The molecule has 0 aliphatic heterocycles. The van der Waals surface area contributed by atoms with E-state index >= 15 is 0 Å². The third kappa shape index (κ3) is 5.41. The van der Waals surface area contributed by atoms with E-state index in [9.17, 15) is 9.59 Å². The number of carbonyl (C=O) groups excluding carboxylic acids is 2. The lowest BCUT2D eigenvalue weighted by Crippen LogP contribution is -2.38. The molecule has 1 unspecified atom stereocenters. The summed E-state index contributed by atoms with van der Waals surface area (Å²) in [6.07, 6.45) is 2.95. The minimum atomic E-state index is -0.532. The molecule has 19 heavy (non-hydrogen) atoms. The van der Waals surface area contributed by atoms with E-state index in [1.54, 1.807) is 0 Å². The van der Waals surface area contributed by atoms with Crippen molar-refractivity contribution in [3.8, 4) is 0 Å². The number of aromatic nitrogens is 2. The fraction of sp³-hybridized carbons (Fsp3) is 0.583. The lowest BCUT2D eigenvalue weighted by molar-refractivity contribution is -0.149. The van der Waals surface area contributed by atoms with Gasteiger partial charge in [0.2, 0.25) is 0 Å². The van der Waals surface area contributed by atoms with Crippen molar-refractivity contribution in [1.82, 2.24) is 15.1 Å². The molecule has 1 aromatic rings. The zero-order chi connectivity index (χ0) is 14.4. The van der Waals surface area contributed by atoms with Gasteiger partial charge >= 0.3 is 5.97 Å². The highest BCUT2D eigenvalue weighted by atomic mass is 16.5. The van der Waals surface area contributed by atoms with Crippen molar-refractivity contribution in [2.75, 3.05) is 12.3 Å². The third-order valence-electron chi connectivity index (χ3n) is 2.70. The van der Waals surface area contributed by atoms with E-state index in [1.165, 1.54) is 17.1 Å². The predicted octanol–water partition coefficient (Wildman–Crippen LogP) is 0.169. The van der Waals surface area contributed by atoms with Gasteiger partial charge in [-0.1, -0.05) is 13.8 Å². The van der Waals surface area contributed by atoms with Gasteiger partial charge in [0.1, 0.15) is 6.54 Å². The highest BCUT2D eigenvalue weighted by Gasteiger charge is 2.13. The van der Waals surface area contributed by atoms with Gasteiger partial charge in [-0.25, -0.2) is 0 Å². The highest BCUT2D eigenvalue weighted by Crippen LogP contribution is 2.00. The lowest BCUT2D eigenvalue weighted by Gasteiger charge is -2.17. The molecular formula is C12H20N4O3. The smallest absolute Gasteiger partial charge is 0.328 e. The van der Waals surface area contributed by atoms with Gasteiger partial charge in [0.25, 0.3) is 5.91 Å². The SMILES string of the molecule is CC(C)C(C)NC(=O)COC(=O)Cn1cc(N)cn1. The van der Waals surface area contributed by atoms with E-state index in [0.29, 0.717) is 11.6 Å². The van der Waals surface area contributed by atoms with Gasteiger partial charge in [-0.3, -0.25) is 14.3 Å². The number of hydrogen-bond donors (Lipinski definition) is 2. The minimum Gasteiger partial charge on any atom is -0.454 e. The summed E-state index contributed by atoms with van der Waals surface area (Å²) in [7, 11) is 0. The molecule has 0 aliphatic carbocycles. The number of amides is 1. The molecule has 0 aromatic carbocycles. The molecule has 0 aliphatic rings. The Balaban J connectivity index is 2.28. The largest absolute Gasteiger partial charge is 0.454 e. The normalized spacial score (nSPS) is 12.2. The zero-order valence-electron chi connectivity index (χ0n) is 11.4. The van der Waals surface area contributed by atoms with Crippen LogP contribution in [0.25, 0.3) is 0 Å². The molecule has 0 fully saturated rings. The van der Waals surface area contributed by atoms with Gasteiger partial charge in [-0.2, -0.15) is 5.10 Å². The Labute approximate surface area is 112 Å². The van der Waals surface area contributed by atoms with Gasteiger partial charge in [-0.05, 0) is 12.8 Å². The maximum absolute atomic E-state index is 11.5. The fourth-order valence-electron chi connectivity index (χ4n) is 1.25. The van der Waals surface area contributed by atoms with Crippen LogP contribution in [0.4, 0.5) is 5.69 Å². The van der Waals surface area contributed by atoms with Crippen LogP contribution in [0.2, 0.25) is 0 Å². The van der Waals surface area contributed by atoms with Gasteiger partial charge in [-0.15, -0.1) is 0 Å². The summed E-state index contributed by atoms with van der Waals surface area (Å²) in [5.41, 5.74) is 5.93. The molecule has 0 saturated carbocycles. The first-order valence-electron chi connectivity index (χ1n) is 6.11. The van der Waals surface area contributed by atoms with Crippen LogP contribution in [0.3, 0.4) is 0 Å². The molecule has 1 rings (SSSR count). The standard InChI is InChI=1S/C12H20N4O3/c1-8(2)9(3)15-11(17)7-19-12(18)6-16-5-10(13)4-14-16/h4-5,8-9H,6-7,13H2,1-3H3,(H,15,17). The van der Waals surface area contributed by atoms with Crippen molar-refractivity contribution in [1.29, 1.82) is 0 Å². The number of anilines is 1. The van der Waals surface area contributed by atoms with Crippen molar-refractivity contribution in [3.05, 3.63) is 12.4 Å². The Morgan fingerprint density at radius 2 is 2.16 bits per heavy atom. The molecule has 0 spiro atoms. The first-order chi connectivity index (χ1) is 8.88. The first-order valence-corrected chi connectivity index (χ1v) is 6.11. The molecule has 0 saturated heterocycles. The van der Waals surface area contributed by atoms with Crippen molar-refractivity contribution >= 4 is 17.6 Å². The van der Waals surface area contributed by atoms with Crippen LogP contribution in [0.15, 0.2) is 12.4 Å². The van der Waals surface area contributed by atoms with E-state index < -0.39 is 5.97 Å². The van der Waals surface area contributed by atoms with Crippen LogP contribution < -0.4 is 11.1 Å². The van der Waals surface area contributed by atoms with Crippen LogP contribution in [0.5, 0.6) is 0 Å². The number of nitrogen functional groups attached to an aromatic ring is 1. The van der Waals surface area contributed by atoms with Crippen LogP contribution in [-0.2, 0) is 20.9 Å². The van der Waals surface area contributed by atoms with Crippen molar-refractivity contribution < 1.29 is 14.3 Å². The topological polar surface area (TPSA) is 99.2 Å². The predicted molar refractivity (Wildman–Crippen MR) is 70.0 cm³/mol. The van der Waals surface area contributed by atoms with Gasteiger partial charge in [0, 0.05) is 12.2 Å². The molecule has 1 amide bonds. The summed E-state index contributed by atoms with van der Waals surface area (Å²) in [6.45, 7) is 5.55. The number of rotatable bonds is 6. The maximum atomic E-state index is 11.5. The maximum Gasteiger partial charge on any atom is 0.328 e. The number of nitrogens with zero attached hydrogens (tertiary/aromatic N) is 2. The van der Waals surface area contributed by atoms with E-state index in [4.69, 9.17) is 10.5 Å². The lowest BCUT2D eigenvalue weighted by atomic mass is 10.1. The second kappa shape index (κ2) is 6.77. The monoisotopic (exact) mass is 268 g/mol. The second-order valence-electron chi connectivity index (χ2n) is 4.73. The number of hydrogen-bond acceptors (Lipinski definition) is 5. The number of ether oxygens (including phenoxy) is 1. The molecule has 1 aromatic heterocycles. The van der Waals surface area contributed by atoms with Gasteiger partial charge in [0.15, 0.2) is 6.61 Å². The number of nitrogens with two attached hydrogens (primary N) is 1. The van der Waals surface area contributed by atoms with Crippen molar-refractivity contribution in [3.63, 3.8) is 0 Å². The zero-order valence-corrected chi connectivity index (χ0v) is 11.4. The number of nitrogens with one attached hydrogen (secondary N) is 1. The summed E-state index contributed by atoms with van der Waals surface area (Å²) in [4.78, 5) is 22.9. The average Bonchev–Trinajstić information content (AvgIpc) is 2.72. The molecule has 1 atom stereocenters. The van der Waals surface area contributed by atoms with Gasteiger partial charge in [0.05, 0.1) is 11.9 Å². The summed E-state index contributed by atoms with van der Waals surface area (Å²) < 4.78 is 6.20. The van der Waals surface area contributed by atoms with Crippen molar-refractivity contribution in [2.24, 2.45) is 5.92 Å². The van der Waals surface area contributed by atoms with E-state index in [0.717, 1.165) is 0 Å². The Hall–Kier alpha value is -2.05. The third-order valence-corrected chi connectivity index (χ3v) is 2.70. The number of esters is 1. The van der Waals surface area contributed by atoms with Crippen LogP contribution >= 0.6 is 0 Å². The molecule has 3 N–H and O–H groups in total. The summed E-state index contributed by atoms with van der Waals surface area (Å²) >= 11 is 0. The Kier molecular flexibility index (Phi) is 5.35. The van der Waals surface area contributed by atoms with Crippen molar-refractivity contribution in [2.45, 2.75) is 33.4 Å². The van der Waals surface area contributed by atoms with Crippen LogP contribution in [0, 0.1) is 5.92 Å². The summed E-state index contributed by atoms with van der Waals surface area (Å²) in [5, 5.41) is 6.59. The summed E-state index contributed by atoms with van der Waals surface area (Å²) in [6, 6.07) is 0.0390. The molecule has 7 nitrogen and oxygen atoms in total. The highest BCUT2D eigenvalue weighted by molar-refractivity contribution is 5.80. The number of carbonyl (C=O) groups is 2. The molecule has 0 radical (unpaired) electrons. The molecular weight excluding hydrogens is 248 g/mol. The van der Waals surface area contributed by atoms with Gasteiger partial charge < -0.3 is 15.8 Å². The minimum absolute atomic E-state index is 0.0390. The average molecular weight is 268 g/mol. The Morgan fingerprint density at radius 1 is 1.47 bits per heavy atom. The molecule has 1 heterocycles. The van der Waals surface area contributed by atoms with E-state index in [1.807, 2.05) is 20.8 Å². The fourth-order valence-corrected chi connectivity index (χ4v) is 1.25.